The quantitative estimate of drug-likeness (QED) is 0.477. The first kappa shape index (κ1) is 22.9. The first-order chi connectivity index (χ1) is 12.8. The van der Waals surface area contributed by atoms with Gasteiger partial charge < -0.3 is 14.2 Å². The van der Waals surface area contributed by atoms with Crippen LogP contribution in [-0.4, -0.2) is 56.7 Å². The molecule has 1 saturated heterocycles. The highest BCUT2D eigenvalue weighted by Gasteiger charge is 2.46. The zero-order valence-electron chi connectivity index (χ0n) is 18.5. The highest BCUT2D eigenvalue weighted by Crippen LogP contribution is 2.48. The van der Waals surface area contributed by atoms with E-state index in [9.17, 15) is 0 Å². The minimum absolute atomic E-state index is 0.222. The van der Waals surface area contributed by atoms with Crippen molar-refractivity contribution in [3.8, 4) is 0 Å². The maximum Gasteiger partial charge on any atom is 0.168 e. The Balaban J connectivity index is 1.78. The summed E-state index contributed by atoms with van der Waals surface area (Å²) in [5.74, 6) is 1.25. The summed E-state index contributed by atoms with van der Waals surface area (Å²) >= 11 is 0. The molecule has 0 amide bonds. The van der Waals surface area contributed by atoms with Gasteiger partial charge in [0.25, 0.3) is 0 Å². The van der Waals surface area contributed by atoms with Crippen LogP contribution in [0.15, 0.2) is 12.7 Å². The Bertz CT molecular complexity index is 441. The summed E-state index contributed by atoms with van der Waals surface area (Å²) in [5.41, 5.74) is 0.417. The lowest BCUT2D eigenvalue weighted by molar-refractivity contribution is -0.198. The largest absolute Gasteiger partial charge is 0.383 e. The second-order valence-electron chi connectivity index (χ2n) is 9.69. The summed E-state index contributed by atoms with van der Waals surface area (Å²) in [4.78, 5) is 2.37. The zero-order valence-corrected chi connectivity index (χ0v) is 18.5. The van der Waals surface area contributed by atoms with E-state index in [1.54, 1.807) is 7.11 Å². The molecule has 1 aliphatic heterocycles. The number of ether oxygens (including phenoxy) is 3. The topological polar surface area (TPSA) is 30.9 Å². The van der Waals surface area contributed by atoms with Gasteiger partial charge in [0, 0.05) is 39.6 Å². The monoisotopic (exact) mass is 381 g/mol. The van der Waals surface area contributed by atoms with Crippen LogP contribution in [0.1, 0.15) is 66.2 Å². The fourth-order valence-corrected chi connectivity index (χ4v) is 5.10. The van der Waals surface area contributed by atoms with E-state index in [1.807, 2.05) is 6.08 Å². The van der Waals surface area contributed by atoms with Gasteiger partial charge in [-0.05, 0) is 42.9 Å². The number of nitrogens with zero attached hydrogens (tertiary/aromatic N) is 1. The molecule has 1 atom stereocenters. The molecule has 1 unspecified atom stereocenters. The maximum absolute atomic E-state index is 6.46. The van der Waals surface area contributed by atoms with Gasteiger partial charge in [-0.3, -0.25) is 4.90 Å². The second-order valence-corrected chi connectivity index (χ2v) is 9.69. The van der Waals surface area contributed by atoms with Crippen LogP contribution in [0, 0.1) is 17.3 Å². The van der Waals surface area contributed by atoms with E-state index in [1.165, 1.54) is 19.3 Å². The Morgan fingerprint density at radius 1 is 1.26 bits per heavy atom. The molecule has 1 aliphatic carbocycles. The molecule has 0 aromatic heterocycles. The molecule has 0 N–H and O–H groups in total. The number of hydrogen-bond donors (Lipinski definition) is 0. The normalized spacial score (nSPS) is 29.1. The van der Waals surface area contributed by atoms with E-state index in [0.717, 1.165) is 63.9 Å². The zero-order chi connectivity index (χ0) is 19.9. The van der Waals surface area contributed by atoms with Gasteiger partial charge in [-0.25, -0.2) is 0 Å². The summed E-state index contributed by atoms with van der Waals surface area (Å²) in [6.45, 7) is 17.8. The van der Waals surface area contributed by atoms with Gasteiger partial charge in [-0.2, -0.15) is 0 Å². The van der Waals surface area contributed by atoms with Crippen LogP contribution >= 0.6 is 0 Å². The lowest BCUT2D eigenvalue weighted by Gasteiger charge is -2.43. The molecule has 2 rings (SSSR count). The second kappa shape index (κ2) is 10.4. The summed E-state index contributed by atoms with van der Waals surface area (Å²) in [6, 6.07) is 0. The summed E-state index contributed by atoms with van der Waals surface area (Å²) in [6.07, 6.45) is 9.05. The van der Waals surface area contributed by atoms with Crippen molar-refractivity contribution in [2.24, 2.45) is 17.3 Å². The van der Waals surface area contributed by atoms with Crippen LogP contribution in [-0.2, 0) is 14.2 Å². The molecule has 0 radical (unpaired) electrons. The van der Waals surface area contributed by atoms with Gasteiger partial charge in [-0.15, -0.1) is 6.58 Å². The van der Waals surface area contributed by atoms with Crippen molar-refractivity contribution in [1.82, 2.24) is 4.90 Å². The van der Waals surface area contributed by atoms with Crippen LogP contribution in [0.5, 0.6) is 0 Å². The van der Waals surface area contributed by atoms with E-state index in [-0.39, 0.29) is 11.9 Å². The highest BCUT2D eigenvalue weighted by atomic mass is 16.7. The summed E-state index contributed by atoms with van der Waals surface area (Å²) in [5, 5.41) is 0. The van der Waals surface area contributed by atoms with Crippen LogP contribution in [0.4, 0.5) is 0 Å². The SMILES string of the molecule is C=CCN(CCOC)CCC1COC2(CCC(C(C)(C)CC(C)C)CC2)O1. The third kappa shape index (κ3) is 6.85. The Morgan fingerprint density at radius 2 is 1.96 bits per heavy atom. The molecule has 1 saturated carbocycles. The Hall–Kier alpha value is -0.420. The first-order valence-corrected chi connectivity index (χ1v) is 10.9. The van der Waals surface area contributed by atoms with E-state index in [4.69, 9.17) is 14.2 Å². The highest BCUT2D eigenvalue weighted by molar-refractivity contribution is 4.90. The molecule has 27 heavy (non-hydrogen) atoms. The molecule has 0 bridgehead atoms. The molecular weight excluding hydrogens is 338 g/mol. The van der Waals surface area contributed by atoms with Gasteiger partial charge in [0.15, 0.2) is 5.79 Å². The van der Waals surface area contributed by atoms with Crippen molar-refractivity contribution in [2.45, 2.75) is 78.1 Å². The van der Waals surface area contributed by atoms with E-state index in [0.29, 0.717) is 5.41 Å². The van der Waals surface area contributed by atoms with Crippen molar-refractivity contribution in [3.63, 3.8) is 0 Å². The van der Waals surface area contributed by atoms with Crippen LogP contribution < -0.4 is 0 Å². The molecule has 2 fully saturated rings. The van der Waals surface area contributed by atoms with E-state index >= 15 is 0 Å². The predicted octanol–water partition coefficient (Wildman–Crippen LogP) is 4.89. The van der Waals surface area contributed by atoms with Crippen molar-refractivity contribution >= 4 is 0 Å². The van der Waals surface area contributed by atoms with E-state index < -0.39 is 0 Å². The van der Waals surface area contributed by atoms with Gasteiger partial charge in [0.1, 0.15) is 0 Å². The Morgan fingerprint density at radius 3 is 2.56 bits per heavy atom. The van der Waals surface area contributed by atoms with Crippen molar-refractivity contribution in [1.29, 1.82) is 0 Å². The third-order valence-corrected chi connectivity index (χ3v) is 6.47. The summed E-state index contributed by atoms with van der Waals surface area (Å²) < 4.78 is 17.9. The van der Waals surface area contributed by atoms with Gasteiger partial charge in [-0.1, -0.05) is 33.8 Å². The predicted molar refractivity (Wildman–Crippen MR) is 112 cm³/mol. The van der Waals surface area contributed by atoms with Gasteiger partial charge in [0.05, 0.1) is 19.3 Å². The third-order valence-electron chi connectivity index (χ3n) is 6.47. The Kier molecular flexibility index (Phi) is 8.79. The molecule has 0 aromatic rings. The molecule has 0 aromatic carbocycles. The maximum atomic E-state index is 6.46. The lowest BCUT2D eigenvalue weighted by atomic mass is 9.66. The first-order valence-electron chi connectivity index (χ1n) is 10.9. The van der Waals surface area contributed by atoms with Gasteiger partial charge >= 0.3 is 0 Å². The number of hydrogen-bond acceptors (Lipinski definition) is 4. The molecule has 1 heterocycles. The average Bonchev–Trinajstić information content (AvgIpc) is 2.99. The number of rotatable bonds is 11. The van der Waals surface area contributed by atoms with Gasteiger partial charge in [0.2, 0.25) is 0 Å². The Labute approximate surface area is 167 Å². The molecule has 4 nitrogen and oxygen atoms in total. The van der Waals surface area contributed by atoms with E-state index in [2.05, 4.69) is 39.2 Å². The smallest absolute Gasteiger partial charge is 0.168 e. The van der Waals surface area contributed by atoms with Crippen molar-refractivity contribution in [3.05, 3.63) is 12.7 Å². The average molecular weight is 382 g/mol. The lowest BCUT2D eigenvalue weighted by Crippen LogP contribution is -2.40. The minimum Gasteiger partial charge on any atom is -0.383 e. The molecular formula is C23H43NO3. The van der Waals surface area contributed by atoms with Crippen LogP contribution in [0.2, 0.25) is 0 Å². The fourth-order valence-electron chi connectivity index (χ4n) is 5.10. The van der Waals surface area contributed by atoms with Crippen molar-refractivity contribution in [2.75, 3.05) is 40.0 Å². The van der Waals surface area contributed by atoms with Crippen LogP contribution in [0.3, 0.4) is 0 Å². The molecule has 158 valence electrons. The molecule has 4 heteroatoms. The molecule has 2 aliphatic rings. The van der Waals surface area contributed by atoms with Crippen LogP contribution in [0.25, 0.3) is 0 Å². The molecule has 1 spiro atoms. The number of methoxy groups -OCH3 is 1. The standard InChI is InChI=1S/C23H43NO3/c1-7-13-24(15-16-25-6)14-10-21-18-26-23(27-21)11-8-20(9-12-23)22(4,5)17-19(2)3/h7,19-21H,1,8-18H2,2-6H3. The fraction of sp³-hybridized carbons (Fsp3) is 0.913. The minimum atomic E-state index is -0.301. The van der Waals surface area contributed by atoms with Crippen molar-refractivity contribution < 1.29 is 14.2 Å². The summed E-state index contributed by atoms with van der Waals surface area (Å²) in [7, 11) is 1.75.